The zero-order chi connectivity index (χ0) is 21.2. The largest absolute Gasteiger partial charge is 0.455 e. The van der Waals surface area contributed by atoms with Crippen molar-refractivity contribution in [3.05, 3.63) is 107 Å². The van der Waals surface area contributed by atoms with E-state index in [2.05, 4.69) is 126 Å². The average molecular weight is 520 g/mol. The van der Waals surface area contributed by atoms with E-state index in [1.54, 1.807) is 0 Å². The molecule has 0 aliphatic rings. The summed E-state index contributed by atoms with van der Waals surface area (Å²) in [6.45, 7) is 0. The number of hydrogen-bond acceptors (Lipinski definition) is 1. The first-order valence-electron chi connectivity index (χ1n) is 10.7. The normalized spacial score (nSPS) is 11.9. The molecule has 0 saturated heterocycles. The molecular formula is C30H17IO. The van der Waals surface area contributed by atoms with Crippen LogP contribution in [0.1, 0.15) is 0 Å². The third-order valence-electron chi connectivity index (χ3n) is 6.51. The van der Waals surface area contributed by atoms with Crippen molar-refractivity contribution in [2.45, 2.75) is 0 Å². The van der Waals surface area contributed by atoms with Gasteiger partial charge in [-0.3, -0.25) is 0 Å². The quantitative estimate of drug-likeness (QED) is 0.155. The van der Waals surface area contributed by atoms with Crippen LogP contribution in [-0.2, 0) is 0 Å². The molecule has 1 nitrogen and oxygen atoms in total. The van der Waals surface area contributed by atoms with E-state index in [4.69, 9.17) is 4.42 Å². The Morgan fingerprint density at radius 1 is 0.500 bits per heavy atom. The Bertz CT molecular complexity index is 1820. The Morgan fingerprint density at radius 2 is 1.03 bits per heavy atom. The fourth-order valence-corrected chi connectivity index (χ4v) is 5.49. The molecule has 0 N–H and O–H groups in total. The van der Waals surface area contributed by atoms with E-state index in [9.17, 15) is 0 Å². The molecule has 0 radical (unpaired) electrons. The summed E-state index contributed by atoms with van der Waals surface area (Å²) in [5, 5.41) is 9.80. The van der Waals surface area contributed by atoms with Gasteiger partial charge in [0.25, 0.3) is 0 Å². The number of furan rings is 1. The van der Waals surface area contributed by atoms with Gasteiger partial charge >= 0.3 is 0 Å². The fourth-order valence-electron chi connectivity index (χ4n) is 5.13. The molecule has 0 spiro atoms. The molecule has 0 unspecified atom stereocenters. The highest BCUT2D eigenvalue weighted by Crippen LogP contribution is 2.45. The lowest BCUT2D eigenvalue weighted by Crippen LogP contribution is -1.84. The van der Waals surface area contributed by atoms with E-state index in [-0.39, 0.29) is 0 Å². The number of hydrogen-bond donors (Lipinski definition) is 0. The molecule has 150 valence electrons. The maximum atomic E-state index is 6.67. The van der Waals surface area contributed by atoms with Crippen LogP contribution in [0.5, 0.6) is 0 Å². The van der Waals surface area contributed by atoms with Crippen LogP contribution < -0.4 is 0 Å². The predicted molar refractivity (Wildman–Crippen MR) is 144 cm³/mol. The van der Waals surface area contributed by atoms with Crippen LogP contribution in [0.2, 0.25) is 0 Å². The van der Waals surface area contributed by atoms with E-state index in [1.165, 1.54) is 52.4 Å². The summed E-state index contributed by atoms with van der Waals surface area (Å²) < 4.78 is 7.90. The van der Waals surface area contributed by atoms with Gasteiger partial charge in [0.1, 0.15) is 11.2 Å². The van der Waals surface area contributed by atoms with Crippen molar-refractivity contribution in [3.8, 4) is 11.1 Å². The van der Waals surface area contributed by atoms with Crippen LogP contribution in [0.3, 0.4) is 0 Å². The van der Waals surface area contributed by atoms with E-state index in [0.717, 1.165) is 16.6 Å². The predicted octanol–water partition coefficient (Wildman–Crippen LogP) is 9.32. The monoisotopic (exact) mass is 520 g/mol. The van der Waals surface area contributed by atoms with Crippen LogP contribution in [0.4, 0.5) is 0 Å². The number of rotatable bonds is 1. The van der Waals surface area contributed by atoms with Crippen LogP contribution >= 0.6 is 22.6 Å². The van der Waals surface area contributed by atoms with Crippen LogP contribution in [0.25, 0.3) is 65.4 Å². The molecule has 1 aromatic heterocycles. The molecule has 2 heteroatoms. The molecule has 1 heterocycles. The minimum atomic E-state index is 0.939. The van der Waals surface area contributed by atoms with Crippen LogP contribution in [0.15, 0.2) is 108 Å². The number of halogens is 1. The topological polar surface area (TPSA) is 13.1 Å². The molecule has 0 bridgehead atoms. The van der Waals surface area contributed by atoms with Gasteiger partial charge in [0.2, 0.25) is 0 Å². The third-order valence-corrected chi connectivity index (χ3v) is 7.23. The molecule has 7 aromatic rings. The van der Waals surface area contributed by atoms with Crippen molar-refractivity contribution in [1.82, 2.24) is 0 Å². The highest BCUT2D eigenvalue weighted by molar-refractivity contribution is 14.1. The Hall–Kier alpha value is -3.37. The zero-order valence-corrected chi connectivity index (χ0v) is 19.3. The molecule has 0 saturated carbocycles. The molecule has 0 aliphatic carbocycles. The van der Waals surface area contributed by atoms with Gasteiger partial charge in [-0.2, -0.15) is 0 Å². The van der Waals surface area contributed by atoms with Crippen LogP contribution in [0, 0.1) is 3.57 Å². The lowest BCUT2D eigenvalue weighted by molar-refractivity contribution is 0.673. The molecule has 0 amide bonds. The maximum Gasteiger partial charge on any atom is 0.143 e. The van der Waals surface area contributed by atoms with Gasteiger partial charge in [-0.25, -0.2) is 0 Å². The van der Waals surface area contributed by atoms with Crippen molar-refractivity contribution in [3.63, 3.8) is 0 Å². The maximum absolute atomic E-state index is 6.67. The van der Waals surface area contributed by atoms with Crippen molar-refractivity contribution in [2.75, 3.05) is 0 Å². The van der Waals surface area contributed by atoms with Gasteiger partial charge in [0, 0.05) is 19.7 Å². The summed E-state index contributed by atoms with van der Waals surface area (Å²) in [6.07, 6.45) is 0. The lowest BCUT2D eigenvalue weighted by atomic mass is 9.92. The Labute approximate surface area is 198 Å². The van der Waals surface area contributed by atoms with Gasteiger partial charge in [0.15, 0.2) is 0 Å². The standard InChI is InChI=1S/C30H17IO/c31-19-15-13-18(14-16-19)26-17-27-28(23-10-4-2-9-22(23)26)29-24-11-5-1-7-20(24)21-8-3-6-12-25(21)30(29)32-27/h1-17H. The minimum Gasteiger partial charge on any atom is -0.455 e. The number of benzene rings is 6. The van der Waals surface area contributed by atoms with Gasteiger partial charge < -0.3 is 4.42 Å². The first-order valence-corrected chi connectivity index (χ1v) is 11.8. The van der Waals surface area contributed by atoms with Crippen molar-refractivity contribution >= 4 is 76.8 Å². The van der Waals surface area contributed by atoms with Crippen LogP contribution in [-0.4, -0.2) is 0 Å². The molecular weight excluding hydrogens is 503 g/mol. The Balaban J connectivity index is 1.75. The van der Waals surface area contributed by atoms with Gasteiger partial charge in [-0.05, 0) is 78.8 Å². The van der Waals surface area contributed by atoms with E-state index < -0.39 is 0 Å². The summed E-state index contributed by atoms with van der Waals surface area (Å²) >= 11 is 2.35. The highest BCUT2D eigenvalue weighted by Gasteiger charge is 2.19. The van der Waals surface area contributed by atoms with Crippen molar-refractivity contribution in [2.24, 2.45) is 0 Å². The van der Waals surface area contributed by atoms with E-state index in [1.807, 2.05) is 0 Å². The highest BCUT2D eigenvalue weighted by atomic mass is 127. The van der Waals surface area contributed by atoms with Crippen molar-refractivity contribution in [1.29, 1.82) is 0 Å². The van der Waals surface area contributed by atoms with E-state index >= 15 is 0 Å². The average Bonchev–Trinajstić information content (AvgIpc) is 3.25. The summed E-state index contributed by atoms with van der Waals surface area (Å²) in [4.78, 5) is 0. The summed E-state index contributed by atoms with van der Waals surface area (Å²) in [6, 6.07) is 36.9. The molecule has 7 rings (SSSR count). The van der Waals surface area contributed by atoms with Gasteiger partial charge in [0.05, 0.1) is 0 Å². The molecule has 32 heavy (non-hydrogen) atoms. The molecule has 6 aromatic carbocycles. The summed E-state index contributed by atoms with van der Waals surface area (Å²) in [7, 11) is 0. The Morgan fingerprint density at radius 3 is 1.72 bits per heavy atom. The molecule has 0 atom stereocenters. The summed E-state index contributed by atoms with van der Waals surface area (Å²) in [5.41, 5.74) is 4.32. The second-order valence-electron chi connectivity index (χ2n) is 8.25. The third kappa shape index (κ3) is 2.50. The molecule has 0 fully saturated rings. The Kier molecular flexibility index (Phi) is 3.88. The fraction of sp³-hybridized carbons (Fsp3) is 0. The van der Waals surface area contributed by atoms with Crippen molar-refractivity contribution < 1.29 is 4.42 Å². The molecule has 0 aliphatic heterocycles. The minimum absolute atomic E-state index is 0.939. The second kappa shape index (κ2) is 6.81. The van der Waals surface area contributed by atoms with E-state index in [0.29, 0.717) is 0 Å². The van der Waals surface area contributed by atoms with Gasteiger partial charge in [-0.1, -0.05) is 84.9 Å². The van der Waals surface area contributed by atoms with Gasteiger partial charge in [-0.15, -0.1) is 0 Å². The zero-order valence-electron chi connectivity index (χ0n) is 17.1. The SMILES string of the molecule is Ic1ccc(-c2cc3oc4c5ccccc5c5ccccc5c4c3c3ccccc23)cc1. The number of fused-ring (bicyclic) bond motifs is 10. The second-order valence-corrected chi connectivity index (χ2v) is 9.49. The lowest BCUT2D eigenvalue weighted by Gasteiger charge is -2.09. The first kappa shape index (κ1) is 18.2. The first-order chi connectivity index (χ1) is 15.8. The summed E-state index contributed by atoms with van der Waals surface area (Å²) in [5.74, 6) is 0. The smallest absolute Gasteiger partial charge is 0.143 e.